The molecule has 0 radical (unpaired) electrons. The Labute approximate surface area is 161 Å². The van der Waals surface area contributed by atoms with Crippen molar-refractivity contribution in [1.29, 1.82) is 5.26 Å². The van der Waals surface area contributed by atoms with Crippen molar-refractivity contribution in [2.75, 3.05) is 11.9 Å². The van der Waals surface area contributed by atoms with Crippen LogP contribution in [0.2, 0.25) is 0 Å². The van der Waals surface area contributed by atoms with E-state index in [0.29, 0.717) is 28.3 Å². The van der Waals surface area contributed by atoms with Crippen LogP contribution in [0.1, 0.15) is 15.9 Å². The maximum atomic E-state index is 12.1. The Morgan fingerprint density at radius 2 is 1.50 bits per heavy atom. The van der Waals surface area contributed by atoms with Gasteiger partial charge >= 0.3 is 5.97 Å². The normalized spacial score (nSPS) is 9.82. The zero-order chi connectivity index (χ0) is 19.8. The molecule has 3 aromatic carbocycles. The number of nitrogens with one attached hydrogen (secondary N) is 1. The molecule has 0 aliphatic heterocycles. The molecule has 0 fully saturated rings. The Morgan fingerprint density at radius 3 is 2.21 bits per heavy atom. The number of nitrogens with zero attached hydrogens (tertiary/aromatic N) is 1. The number of benzene rings is 3. The van der Waals surface area contributed by atoms with Crippen LogP contribution >= 0.6 is 0 Å². The molecular weight excluding hydrogens is 356 g/mol. The maximum absolute atomic E-state index is 12.1. The molecule has 0 bridgehead atoms. The first-order valence-electron chi connectivity index (χ1n) is 8.45. The number of hydrogen-bond donors (Lipinski definition) is 1. The number of para-hydroxylation sites is 2. The Bertz CT molecular complexity index is 1010. The van der Waals surface area contributed by atoms with E-state index >= 15 is 0 Å². The Kier molecular flexibility index (Phi) is 6.01. The summed E-state index contributed by atoms with van der Waals surface area (Å²) in [6.07, 6.45) is 0. The number of esters is 1. The molecule has 138 valence electrons. The Balaban J connectivity index is 1.53. The molecule has 6 heteroatoms. The molecule has 3 aromatic rings. The molecule has 1 amide bonds. The van der Waals surface area contributed by atoms with Crippen LogP contribution in [-0.4, -0.2) is 18.5 Å². The fourth-order valence-electron chi connectivity index (χ4n) is 2.37. The number of ether oxygens (including phenoxy) is 2. The third-order valence-corrected chi connectivity index (χ3v) is 3.72. The first kappa shape index (κ1) is 18.7. The molecule has 0 atom stereocenters. The van der Waals surface area contributed by atoms with Crippen LogP contribution < -0.4 is 10.1 Å². The van der Waals surface area contributed by atoms with Gasteiger partial charge in [-0.3, -0.25) is 4.79 Å². The predicted molar refractivity (Wildman–Crippen MR) is 103 cm³/mol. The summed E-state index contributed by atoms with van der Waals surface area (Å²) in [4.78, 5) is 24.1. The van der Waals surface area contributed by atoms with Gasteiger partial charge < -0.3 is 14.8 Å². The Hall–Kier alpha value is -4.11. The van der Waals surface area contributed by atoms with E-state index in [1.54, 1.807) is 48.5 Å². The zero-order valence-electron chi connectivity index (χ0n) is 14.8. The van der Waals surface area contributed by atoms with Crippen molar-refractivity contribution in [3.63, 3.8) is 0 Å². The summed E-state index contributed by atoms with van der Waals surface area (Å²) in [7, 11) is 0. The second kappa shape index (κ2) is 9.01. The number of carbonyl (C=O) groups excluding carboxylic acids is 2. The van der Waals surface area contributed by atoms with Crippen LogP contribution in [-0.2, 0) is 9.53 Å². The van der Waals surface area contributed by atoms with E-state index in [1.165, 1.54) is 0 Å². The van der Waals surface area contributed by atoms with Crippen molar-refractivity contribution in [3.05, 3.63) is 90.0 Å². The van der Waals surface area contributed by atoms with Crippen LogP contribution in [0.4, 0.5) is 5.69 Å². The van der Waals surface area contributed by atoms with Crippen molar-refractivity contribution in [3.8, 4) is 17.6 Å². The lowest BCUT2D eigenvalue weighted by Crippen LogP contribution is -2.21. The minimum atomic E-state index is -0.630. The fraction of sp³-hybridized carbons (Fsp3) is 0.0455. The van der Waals surface area contributed by atoms with Gasteiger partial charge in [-0.25, -0.2) is 4.79 Å². The van der Waals surface area contributed by atoms with Crippen LogP contribution in [0.15, 0.2) is 78.9 Å². The number of rotatable bonds is 6. The molecule has 1 N–H and O–H groups in total. The van der Waals surface area contributed by atoms with Crippen LogP contribution in [0, 0.1) is 11.3 Å². The van der Waals surface area contributed by atoms with Gasteiger partial charge in [0.1, 0.15) is 17.6 Å². The number of amides is 1. The lowest BCUT2D eigenvalue weighted by Gasteiger charge is -2.08. The summed E-state index contributed by atoms with van der Waals surface area (Å²) in [5.41, 5.74) is 0.996. The van der Waals surface area contributed by atoms with Gasteiger partial charge in [-0.2, -0.15) is 5.26 Å². The standard InChI is InChI=1S/C22H16N2O4/c23-14-17-6-4-5-9-20(17)24-21(25)15-27-22(26)16-10-12-19(13-11-16)28-18-7-2-1-3-8-18/h1-13H,15H2,(H,24,25). The lowest BCUT2D eigenvalue weighted by atomic mass is 10.2. The summed E-state index contributed by atoms with van der Waals surface area (Å²) in [5.74, 6) is 0.107. The first-order chi connectivity index (χ1) is 13.7. The van der Waals surface area contributed by atoms with E-state index < -0.39 is 18.5 Å². The van der Waals surface area contributed by atoms with Gasteiger partial charge in [0.15, 0.2) is 6.61 Å². The third-order valence-electron chi connectivity index (χ3n) is 3.72. The second-order valence-corrected chi connectivity index (χ2v) is 5.72. The zero-order valence-corrected chi connectivity index (χ0v) is 14.8. The summed E-state index contributed by atoms with van der Waals surface area (Å²) in [6, 6.07) is 24.2. The van der Waals surface area contributed by atoms with Crippen molar-refractivity contribution in [2.24, 2.45) is 0 Å². The molecule has 0 unspecified atom stereocenters. The first-order valence-corrected chi connectivity index (χ1v) is 8.45. The lowest BCUT2D eigenvalue weighted by molar-refractivity contribution is -0.119. The van der Waals surface area contributed by atoms with Crippen LogP contribution in [0.25, 0.3) is 0 Å². The van der Waals surface area contributed by atoms with E-state index in [1.807, 2.05) is 36.4 Å². The Morgan fingerprint density at radius 1 is 0.857 bits per heavy atom. The average Bonchev–Trinajstić information content (AvgIpc) is 2.74. The molecule has 0 aromatic heterocycles. The summed E-state index contributed by atoms with van der Waals surface area (Å²) < 4.78 is 10.7. The van der Waals surface area contributed by atoms with E-state index in [4.69, 9.17) is 14.7 Å². The van der Waals surface area contributed by atoms with E-state index in [-0.39, 0.29) is 0 Å². The van der Waals surface area contributed by atoms with Crippen molar-refractivity contribution in [2.45, 2.75) is 0 Å². The molecule has 0 heterocycles. The SMILES string of the molecule is N#Cc1ccccc1NC(=O)COC(=O)c1ccc(Oc2ccccc2)cc1. The minimum absolute atomic E-state index is 0.297. The molecule has 6 nitrogen and oxygen atoms in total. The number of nitriles is 1. The van der Waals surface area contributed by atoms with E-state index in [0.717, 1.165) is 0 Å². The monoisotopic (exact) mass is 372 g/mol. The molecule has 3 rings (SSSR count). The molecule has 28 heavy (non-hydrogen) atoms. The summed E-state index contributed by atoms with van der Waals surface area (Å²) in [6.45, 7) is -0.457. The van der Waals surface area contributed by atoms with Gasteiger partial charge in [0, 0.05) is 0 Å². The number of carbonyl (C=O) groups is 2. The molecule has 0 spiro atoms. The highest BCUT2D eigenvalue weighted by Gasteiger charge is 2.12. The van der Waals surface area contributed by atoms with Gasteiger partial charge in [-0.1, -0.05) is 30.3 Å². The van der Waals surface area contributed by atoms with Gasteiger partial charge in [-0.15, -0.1) is 0 Å². The molecule has 0 aliphatic rings. The van der Waals surface area contributed by atoms with Gasteiger partial charge in [0.05, 0.1) is 16.8 Å². The highest BCUT2D eigenvalue weighted by Crippen LogP contribution is 2.21. The maximum Gasteiger partial charge on any atom is 0.338 e. The van der Waals surface area contributed by atoms with Crippen molar-refractivity contribution < 1.29 is 19.1 Å². The van der Waals surface area contributed by atoms with Gasteiger partial charge in [0.2, 0.25) is 0 Å². The molecular formula is C22H16N2O4. The molecule has 0 saturated heterocycles. The second-order valence-electron chi connectivity index (χ2n) is 5.72. The van der Waals surface area contributed by atoms with E-state index in [9.17, 15) is 9.59 Å². The molecule has 0 aliphatic carbocycles. The number of hydrogen-bond acceptors (Lipinski definition) is 5. The smallest absolute Gasteiger partial charge is 0.338 e. The quantitative estimate of drug-likeness (QED) is 0.657. The minimum Gasteiger partial charge on any atom is -0.457 e. The largest absolute Gasteiger partial charge is 0.457 e. The topological polar surface area (TPSA) is 88.4 Å². The van der Waals surface area contributed by atoms with Gasteiger partial charge in [0.25, 0.3) is 5.91 Å². The highest BCUT2D eigenvalue weighted by molar-refractivity contribution is 5.96. The third kappa shape index (κ3) is 4.96. The average molecular weight is 372 g/mol. The van der Waals surface area contributed by atoms with Crippen molar-refractivity contribution >= 4 is 17.6 Å². The summed E-state index contributed by atoms with van der Waals surface area (Å²) in [5, 5.41) is 11.6. The van der Waals surface area contributed by atoms with E-state index in [2.05, 4.69) is 5.32 Å². The van der Waals surface area contributed by atoms with Crippen LogP contribution in [0.5, 0.6) is 11.5 Å². The molecule has 0 saturated carbocycles. The van der Waals surface area contributed by atoms with Crippen LogP contribution in [0.3, 0.4) is 0 Å². The van der Waals surface area contributed by atoms with Gasteiger partial charge in [-0.05, 0) is 48.5 Å². The fourth-order valence-corrected chi connectivity index (χ4v) is 2.37. The summed E-state index contributed by atoms with van der Waals surface area (Å²) >= 11 is 0. The predicted octanol–water partition coefficient (Wildman–Crippen LogP) is 4.15. The highest BCUT2D eigenvalue weighted by atomic mass is 16.5. The van der Waals surface area contributed by atoms with Crippen molar-refractivity contribution in [1.82, 2.24) is 0 Å². The number of anilines is 1.